The molecule has 0 aromatic heterocycles. The van der Waals surface area contributed by atoms with Crippen molar-refractivity contribution >= 4 is 17.3 Å². The summed E-state index contributed by atoms with van der Waals surface area (Å²) in [7, 11) is 0. The van der Waals surface area contributed by atoms with Crippen molar-refractivity contribution in [1.29, 1.82) is 0 Å². The van der Waals surface area contributed by atoms with Crippen LogP contribution in [0, 0.1) is 0 Å². The number of piperazine rings is 1. The first-order valence-corrected chi connectivity index (χ1v) is 8.96. The molecule has 1 N–H and O–H groups in total. The van der Waals surface area contributed by atoms with Crippen molar-refractivity contribution in [1.82, 2.24) is 15.1 Å². The molecule has 2 aliphatic heterocycles. The van der Waals surface area contributed by atoms with Gasteiger partial charge < -0.3 is 10.2 Å². The first-order chi connectivity index (χ1) is 9.74. The molecule has 2 unspecified atom stereocenters. The van der Waals surface area contributed by atoms with E-state index in [1.54, 1.807) is 0 Å². The molecule has 0 aromatic carbocycles. The predicted octanol–water partition coefficient (Wildman–Crippen LogP) is 2.75. The lowest BCUT2D eigenvalue weighted by Crippen LogP contribution is -2.62. The fourth-order valence-corrected chi connectivity index (χ4v) is 4.56. The molecule has 4 heteroatoms. The summed E-state index contributed by atoms with van der Waals surface area (Å²) in [6.07, 6.45) is 10.9. The molecule has 3 fully saturated rings. The van der Waals surface area contributed by atoms with Crippen LogP contribution in [-0.4, -0.2) is 52.7 Å². The predicted molar refractivity (Wildman–Crippen MR) is 88.0 cm³/mol. The van der Waals surface area contributed by atoms with Gasteiger partial charge in [-0.15, -0.1) is 0 Å². The molecule has 3 rings (SSSR count). The van der Waals surface area contributed by atoms with Crippen LogP contribution in [-0.2, 0) is 0 Å². The van der Waals surface area contributed by atoms with Gasteiger partial charge in [0, 0.05) is 31.2 Å². The highest BCUT2D eigenvalue weighted by molar-refractivity contribution is 7.80. The molecular formula is C16H29N3S. The summed E-state index contributed by atoms with van der Waals surface area (Å²) in [5.74, 6) is 0. The van der Waals surface area contributed by atoms with Gasteiger partial charge in [-0.2, -0.15) is 0 Å². The van der Waals surface area contributed by atoms with E-state index < -0.39 is 0 Å². The normalized spacial score (nSPS) is 32.8. The molecule has 3 nitrogen and oxygen atoms in total. The number of piperidine rings is 1. The molecule has 114 valence electrons. The summed E-state index contributed by atoms with van der Waals surface area (Å²) in [6.45, 7) is 5.96. The van der Waals surface area contributed by atoms with Gasteiger partial charge in [-0.1, -0.05) is 25.7 Å². The third kappa shape index (κ3) is 3.28. The maximum absolute atomic E-state index is 5.72. The van der Waals surface area contributed by atoms with E-state index in [0.717, 1.165) is 17.7 Å². The van der Waals surface area contributed by atoms with Gasteiger partial charge in [0.25, 0.3) is 0 Å². The van der Waals surface area contributed by atoms with Crippen LogP contribution in [0.1, 0.15) is 58.3 Å². The van der Waals surface area contributed by atoms with Crippen molar-refractivity contribution in [3.8, 4) is 0 Å². The molecule has 2 saturated heterocycles. The lowest BCUT2D eigenvalue weighted by Gasteiger charge is -2.48. The standard InChI is InChI=1S/C16H29N3S/c1-13-11-18-10-6-5-9-15(18)12-19(13)16(20)17-14-7-3-2-4-8-14/h13-15H,2-12H2,1H3,(H,17,20). The largest absolute Gasteiger partial charge is 0.360 e. The van der Waals surface area contributed by atoms with Crippen molar-refractivity contribution in [2.75, 3.05) is 19.6 Å². The highest BCUT2D eigenvalue weighted by atomic mass is 32.1. The van der Waals surface area contributed by atoms with Crippen LogP contribution >= 0.6 is 12.2 Å². The van der Waals surface area contributed by atoms with Crippen LogP contribution in [0.25, 0.3) is 0 Å². The average molecular weight is 295 g/mol. The summed E-state index contributed by atoms with van der Waals surface area (Å²) in [5, 5.41) is 4.68. The molecule has 0 radical (unpaired) electrons. The Kier molecular flexibility index (Phi) is 4.82. The van der Waals surface area contributed by atoms with Crippen molar-refractivity contribution in [2.45, 2.75) is 76.4 Å². The lowest BCUT2D eigenvalue weighted by atomic mass is 9.95. The van der Waals surface area contributed by atoms with Crippen LogP contribution in [0.2, 0.25) is 0 Å². The Balaban J connectivity index is 1.56. The molecule has 0 spiro atoms. The Morgan fingerprint density at radius 2 is 1.75 bits per heavy atom. The van der Waals surface area contributed by atoms with Gasteiger partial charge in [0.1, 0.15) is 0 Å². The maximum atomic E-state index is 5.72. The van der Waals surface area contributed by atoms with E-state index in [4.69, 9.17) is 12.2 Å². The zero-order valence-electron chi connectivity index (χ0n) is 12.8. The second kappa shape index (κ2) is 6.61. The Labute approximate surface area is 129 Å². The van der Waals surface area contributed by atoms with E-state index in [2.05, 4.69) is 22.0 Å². The van der Waals surface area contributed by atoms with Crippen molar-refractivity contribution in [3.63, 3.8) is 0 Å². The van der Waals surface area contributed by atoms with E-state index in [0.29, 0.717) is 12.1 Å². The summed E-state index contributed by atoms with van der Waals surface area (Å²) >= 11 is 5.72. The third-order valence-corrected chi connectivity index (χ3v) is 5.73. The smallest absolute Gasteiger partial charge is 0.169 e. The van der Waals surface area contributed by atoms with Gasteiger partial charge in [-0.3, -0.25) is 4.90 Å². The highest BCUT2D eigenvalue weighted by Crippen LogP contribution is 2.24. The molecule has 2 heterocycles. The number of hydrogen-bond acceptors (Lipinski definition) is 2. The molecule has 2 atom stereocenters. The number of nitrogens with zero attached hydrogens (tertiary/aromatic N) is 2. The third-order valence-electron chi connectivity index (χ3n) is 5.38. The average Bonchev–Trinajstić information content (AvgIpc) is 2.47. The minimum atomic E-state index is 0.563. The van der Waals surface area contributed by atoms with E-state index in [9.17, 15) is 0 Å². The van der Waals surface area contributed by atoms with Gasteiger partial charge in [-0.05, 0) is 51.4 Å². The van der Waals surface area contributed by atoms with Crippen LogP contribution in [0.3, 0.4) is 0 Å². The topological polar surface area (TPSA) is 18.5 Å². The first-order valence-electron chi connectivity index (χ1n) is 8.55. The minimum Gasteiger partial charge on any atom is -0.360 e. The fraction of sp³-hybridized carbons (Fsp3) is 0.938. The molecule has 1 aliphatic carbocycles. The van der Waals surface area contributed by atoms with Gasteiger partial charge in [0.15, 0.2) is 5.11 Å². The first kappa shape index (κ1) is 14.6. The summed E-state index contributed by atoms with van der Waals surface area (Å²) in [4.78, 5) is 5.16. The second-order valence-corrected chi connectivity index (χ2v) is 7.32. The van der Waals surface area contributed by atoms with Crippen LogP contribution < -0.4 is 5.32 Å². The van der Waals surface area contributed by atoms with E-state index in [-0.39, 0.29) is 0 Å². The van der Waals surface area contributed by atoms with E-state index in [1.165, 1.54) is 64.5 Å². The van der Waals surface area contributed by atoms with Crippen LogP contribution in [0.15, 0.2) is 0 Å². The van der Waals surface area contributed by atoms with Crippen molar-refractivity contribution in [3.05, 3.63) is 0 Å². The molecule has 0 aromatic rings. The zero-order valence-corrected chi connectivity index (χ0v) is 13.6. The molecule has 0 amide bonds. The number of rotatable bonds is 1. The summed E-state index contributed by atoms with van der Waals surface area (Å²) < 4.78 is 0. The number of hydrogen-bond donors (Lipinski definition) is 1. The van der Waals surface area contributed by atoms with E-state index >= 15 is 0 Å². The van der Waals surface area contributed by atoms with Gasteiger partial charge in [0.2, 0.25) is 0 Å². The van der Waals surface area contributed by atoms with Crippen molar-refractivity contribution in [2.24, 2.45) is 0 Å². The fourth-order valence-electron chi connectivity index (χ4n) is 4.14. The Bertz CT molecular complexity index is 341. The Morgan fingerprint density at radius 1 is 1.00 bits per heavy atom. The Morgan fingerprint density at radius 3 is 2.55 bits per heavy atom. The van der Waals surface area contributed by atoms with Gasteiger partial charge in [0.05, 0.1) is 0 Å². The molecule has 1 saturated carbocycles. The molecule has 0 bridgehead atoms. The van der Waals surface area contributed by atoms with Crippen LogP contribution in [0.5, 0.6) is 0 Å². The zero-order chi connectivity index (χ0) is 13.9. The Hall–Kier alpha value is -0.350. The summed E-state index contributed by atoms with van der Waals surface area (Å²) in [6, 6.07) is 1.94. The summed E-state index contributed by atoms with van der Waals surface area (Å²) in [5.41, 5.74) is 0. The quantitative estimate of drug-likeness (QED) is 0.750. The molecule has 3 aliphatic rings. The maximum Gasteiger partial charge on any atom is 0.169 e. The SMILES string of the molecule is CC1CN2CCCCC2CN1C(=S)NC1CCCCC1. The highest BCUT2D eigenvalue weighted by Gasteiger charge is 2.34. The molecule has 20 heavy (non-hydrogen) atoms. The van der Waals surface area contributed by atoms with Crippen LogP contribution in [0.4, 0.5) is 0 Å². The number of fused-ring (bicyclic) bond motifs is 1. The lowest BCUT2D eigenvalue weighted by molar-refractivity contribution is 0.0494. The number of thiocarbonyl (C=S) groups is 1. The van der Waals surface area contributed by atoms with E-state index in [1.807, 2.05) is 0 Å². The van der Waals surface area contributed by atoms with Gasteiger partial charge >= 0.3 is 0 Å². The molecular weight excluding hydrogens is 266 g/mol. The minimum absolute atomic E-state index is 0.563. The number of nitrogens with one attached hydrogen (secondary N) is 1. The van der Waals surface area contributed by atoms with Crippen molar-refractivity contribution < 1.29 is 0 Å². The van der Waals surface area contributed by atoms with Gasteiger partial charge in [-0.25, -0.2) is 0 Å². The monoisotopic (exact) mass is 295 g/mol. The second-order valence-electron chi connectivity index (χ2n) is 6.93.